The van der Waals surface area contributed by atoms with Gasteiger partial charge in [0.1, 0.15) is 0 Å². The lowest BCUT2D eigenvalue weighted by Gasteiger charge is -2.12. The average Bonchev–Trinajstić information content (AvgIpc) is 2.02. The molecule has 14 heavy (non-hydrogen) atoms. The van der Waals surface area contributed by atoms with E-state index in [0.29, 0.717) is 4.47 Å². The van der Waals surface area contributed by atoms with Crippen molar-refractivity contribution in [2.45, 2.75) is 12.8 Å². The lowest BCUT2D eigenvalue weighted by Crippen LogP contribution is -2.09. The van der Waals surface area contributed by atoms with E-state index in [2.05, 4.69) is 15.9 Å². The van der Waals surface area contributed by atoms with Crippen LogP contribution in [0.5, 0.6) is 0 Å². The van der Waals surface area contributed by atoms with Gasteiger partial charge in [0.05, 0.1) is 12.2 Å². The first-order chi connectivity index (χ1) is 6.45. The molecule has 1 nitrogen and oxygen atoms in total. The molecule has 0 aliphatic carbocycles. The van der Waals surface area contributed by atoms with Crippen LogP contribution in [0.1, 0.15) is 11.1 Å². The van der Waals surface area contributed by atoms with Gasteiger partial charge in [-0.1, -0.05) is 15.9 Å². The first-order valence-electron chi connectivity index (χ1n) is 3.79. The molecule has 0 fully saturated rings. The monoisotopic (exact) mass is 268 g/mol. The Hall–Kier alpha value is -0.550. The highest BCUT2D eigenvalue weighted by molar-refractivity contribution is 9.10. The van der Waals surface area contributed by atoms with Crippen LogP contribution in [0.25, 0.3) is 0 Å². The Balaban J connectivity index is 3.15. The van der Waals surface area contributed by atoms with Gasteiger partial charge < -0.3 is 4.74 Å². The van der Waals surface area contributed by atoms with Crippen LogP contribution in [-0.4, -0.2) is 7.11 Å². The van der Waals surface area contributed by atoms with Gasteiger partial charge in [0, 0.05) is 11.6 Å². The van der Waals surface area contributed by atoms with E-state index >= 15 is 0 Å². The normalized spacial score (nSPS) is 11.8. The Labute approximate surface area is 88.0 Å². The summed E-state index contributed by atoms with van der Waals surface area (Å²) in [7, 11) is 1.36. The Kier molecular flexibility index (Phi) is 3.55. The second kappa shape index (κ2) is 4.31. The minimum Gasteiger partial charge on any atom is -0.380 e. The van der Waals surface area contributed by atoms with Gasteiger partial charge in [-0.3, -0.25) is 0 Å². The molecule has 1 aromatic rings. The van der Waals surface area contributed by atoms with Gasteiger partial charge in [-0.25, -0.2) is 0 Å². The minimum absolute atomic E-state index is 0.0473. The summed E-state index contributed by atoms with van der Waals surface area (Å²) in [4.78, 5) is 0. The molecule has 0 spiro atoms. The van der Waals surface area contributed by atoms with Crippen LogP contribution in [0.15, 0.2) is 22.7 Å². The molecule has 0 bridgehead atoms. The molecule has 0 aliphatic rings. The Morgan fingerprint density at radius 1 is 1.36 bits per heavy atom. The van der Waals surface area contributed by atoms with Gasteiger partial charge in [-0.15, -0.1) is 0 Å². The van der Waals surface area contributed by atoms with Gasteiger partial charge in [0.15, 0.2) is 0 Å². The highest BCUT2D eigenvalue weighted by Gasteiger charge is 2.33. The average molecular weight is 269 g/mol. The lowest BCUT2D eigenvalue weighted by molar-refractivity contribution is -0.138. The number of halogens is 4. The molecular formula is C9H8BrF3O. The maximum atomic E-state index is 12.4. The van der Waals surface area contributed by atoms with E-state index < -0.39 is 11.7 Å². The summed E-state index contributed by atoms with van der Waals surface area (Å²) in [5.74, 6) is 0. The Morgan fingerprint density at radius 3 is 2.50 bits per heavy atom. The van der Waals surface area contributed by atoms with Gasteiger partial charge >= 0.3 is 6.18 Å². The SMILES string of the molecule is COCc1cc(Br)ccc1C(F)(F)F. The third-order valence-corrected chi connectivity index (χ3v) is 2.17. The standard InChI is InChI=1S/C9H8BrF3O/c1-14-5-6-4-7(10)2-3-8(6)9(11,12)13/h2-4H,5H2,1H3. The van der Waals surface area contributed by atoms with Crippen molar-refractivity contribution >= 4 is 15.9 Å². The first kappa shape index (κ1) is 11.5. The van der Waals surface area contributed by atoms with E-state index in [9.17, 15) is 13.2 Å². The quantitative estimate of drug-likeness (QED) is 0.796. The molecule has 0 N–H and O–H groups in total. The van der Waals surface area contributed by atoms with Gasteiger partial charge in [-0.05, 0) is 23.8 Å². The second-order valence-corrected chi connectivity index (χ2v) is 3.65. The molecule has 1 rings (SSSR count). The topological polar surface area (TPSA) is 9.23 Å². The van der Waals surface area contributed by atoms with E-state index in [1.165, 1.54) is 19.2 Å². The Bertz CT molecular complexity index is 322. The summed E-state index contributed by atoms with van der Waals surface area (Å²) in [6.45, 7) is -0.0473. The molecule has 0 unspecified atom stereocenters. The molecule has 0 aliphatic heterocycles. The van der Waals surface area contributed by atoms with E-state index in [0.717, 1.165) is 6.07 Å². The van der Waals surface area contributed by atoms with E-state index in [1.54, 1.807) is 0 Å². The lowest BCUT2D eigenvalue weighted by atomic mass is 10.1. The van der Waals surface area contributed by atoms with Gasteiger partial charge in [0.25, 0.3) is 0 Å². The first-order valence-corrected chi connectivity index (χ1v) is 4.59. The summed E-state index contributed by atoms with van der Waals surface area (Å²) in [6, 6.07) is 3.81. The number of methoxy groups -OCH3 is 1. The summed E-state index contributed by atoms with van der Waals surface area (Å²) in [5.41, 5.74) is -0.517. The molecule has 0 heterocycles. The molecule has 0 amide bonds. The summed E-state index contributed by atoms with van der Waals surface area (Å²) >= 11 is 3.11. The highest BCUT2D eigenvalue weighted by atomic mass is 79.9. The zero-order valence-corrected chi connectivity index (χ0v) is 8.95. The zero-order chi connectivity index (χ0) is 10.8. The van der Waals surface area contributed by atoms with E-state index in [4.69, 9.17) is 4.74 Å². The number of alkyl halides is 3. The summed E-state index contributed by atoms with van der Waals surface area (Å²) < 4.78 is 42.6. The molecule has 0 aromatic heterocycles. The van der Waals surface area contributed by atoms with Crippen molar-refractivity contribution < 1.29 is 17.9 Å². The highest BCUT2D eigenvalue weighted by Crippen LogP contribution is 2.33. The van der Waals surface area contributed by atoms with Gasteiger partial charge in [0.2, 0.25) is 0 Å². The van der Waals surface area contributed by atoms with Crippen molar-refractivity contribution in [3.63, 3.8) is 0 Å². The van der Waals surface area contributed by atoms with Crippen molar-refractivity contribution in [1.82, 2.24) is 0 Å². The van der Waals surface area contributed by atoms with Crippen LogP contribution in [-0.2, 0) is 17.5 Å². The van der Waals surface area contributed by atoms with Crippen LogP contribution >= 0.6 is 15.9 Å². The van der Waals surface area contributed by atoms with Crippen LogP contribution < -0.4 is 0 Å². The molecule has 0 radical (unpaired) electrons. The molecular weight excluding hydrogens is 261 g/mol. The summed E-state index contributed by atoms with van der Waals surface area (Å²) in [6.07, 6.45) is -4.32. The molecule has 0 saturated heterocycles. The van der Waals surface area contributed by atoms with Crippen LogP contribution in [0, 0.1) is 0 Å². The maximum absolute atomic E-state index is 12.4. The number of hydrogen-bond donors (Lipinski definition) is 0. The number of benzene rings is 1. The smallest absolute Gasteiger partial charge is 0.380 e. The van der Waals surface area contributed by atoms with Crippen LogP contribution in [0.2, 0.25) is 0 Å². The molecule has 0 atom stereocenters. The number of ether oxygens (including phenoxy) is 1. The zero-order valence-electron chi connectivity index (χ0n) is 7.36. The third kappa shape index (κ3) is 2.72. The van der Waals surface area contributed by atoms with Crippen molar-refractivity contribution in [2.75, 3.05) is 7.11 Å². The number of hydrogen-bond acceptors (Lipinski definition) is 1. The fourth-order valence-corrected chi connectivity index (χ4v) is 1.52. The van der Waals surface area contributed by atoms with Crippen molar-refractivity contribution in [3.05, 3.63) is 33.8 Å². The van der Waals surface area contributed by atoms with Crippen LogP contribution in [0.3, 0.4) is 0 Å². The molecule has 78 valence electrons. The molecule has 1 aromatic carbocycles. The predicted molar refractivity (Wildman–Crippen MR) is 49.9 cm³/mol. The summed E-state index contributed by atoms with van der Waals surface area (Å²) in [5, 5.41) is 0. The van der Waals surface area contributed by atoms with E-state index in [-0.39, 0.29) is 12.2 Å². The fraction of sp³-hybridized carbons (Fsp3) is 0.333. The second-order valence-electron chi connectivity index (χ2n) is 2.73. The number of rotatable bonds is 2. The molecule has 0 saturated carbocycles. The fourth-order valence-electron chi connectivity index (χ4n) is 1.11. The van der Waals surface area contributed by atoms with E-state index in [1.807, 2.05) is 0 Å². The van der Waals surface area contributed by atoms with Gasteiger partial charge in [-0.2, -0.15) is 13.2 Å². The van der Waals surface area contributed by atoms with Crippen molar-refractivity contribution in [2.24, 2.45) is 0 Å². The maximum Gasteiger partial charge on any atom is 0.416 e. The predicted octanol–water partition coefficient (Wildman–Crippen LogP) is 3.61. The largest absolute Gasteiger partial charge is 0.416 e. The van der Waals surface area contributed by atoms with Crippen LogP contribution in [0.4, 0.5) is 13.2 Å². The Morgan fingerprint density at radius 2 is 2.00 bits per heavy atom. The van der Waals surface area contributed by atoms with Crippen molar-refractivity contribution in [3.8, 4) is 0 Å². The third-order valence-electron chi connectivity index (χ3n) is 1.67. The minimum atomic E-state index is -4.32. The van der Waals surface area contributed by atoms with Crippen molar-refractivity contribution in [1.29, 1.82) is 0 Å². The molecule has 5 heteroatoms.